The lowest BCUT2D eigenvalue weighted by molar-refractivity contribution is 0.670. The molecule has 1 aromatic carbocycles. The molecule has 0 atom stereocenters. The summed E-state index contributed by atoms with van der Waals surface area (Å²) < 4.78 is 0. The number of para-hydroxylation sites is 1. The van der Waals surface area contributed by atoms with Crippen LogP contribution in [0.1, 0.15) is 36.6 Å². The van der Waals surface area contributed by atoms with Crippen molar-refractivity contribution in [2.75, 3.05) is 0 Å². The second-order valence-electron chi connectivity index (χ2n) is 4.92. The molecule has 0 aliphatic heterocycles. The molecule has 2 aromatic rings. The molecular weight excluding hydrogens is 206 g/mol. The zero-order valence-corrected chi connectivity index (χ0v) is 10.3. The summed E-state index contributed by atoms with van der Waals surface area (Å²) >= 11 is 0. The van der Waals surface area contributed by atoms with Crippen molar-refractivity contribution in [3.05, 3.63) is 47.7 Å². The molecular formula is C16H17N. The average Bonchev–Trinajstić information content (AvgIpc) is 2.35. The van der Waals surface area contributed by atoms with Crippen LogP contribution < -0.4 is 0 Å². The lowest BCUT2D eigenvalue weighted by atomic mass is 9.87. The van der Waals surface area contributed by atoms with Gasteiger partial charge in [0.25, 0.3) is 0 Å². The van der Waals surface area contributed by atoms with Gasteiger partial charge in [-0.05, 0) is 49.8 Å². The number of aryl methyl sites for hydroxylation is 1. The Balaban J connectivity index is 2.40. The summed E-state index contributed by atoms with van der Waals surface area (Å²) in [4.78, 5) is 4.82. The highest BCUT2D eigenvalue weighted by Crippen LogP contribution is 2.32. The van der Waals surface area contributed by atoms with Gasteiger partial charge < -0.3 is 0 Å². The van der Waals surface area contributed by atoms with Crippen LogP contribution in [-0.2, 0) is 12.8 Å². The van der Waals surface area contributed by atoms with E-state index in [2.05, 4.69) is 37.8 Å². The van der Waals surface area contributed by atoms with Crippen LogP contribution in [0.4, 0.5) is 0 Å². The predicted molar refractivity (Wildman–Crippen MR) is 73.1 cm³/mol. The fraction of sp³-hybridized carbons (Fsp3) is 0.312. The van der Waals surface area contributed by atoms with Crippen molar-refractivity contribution in [2.24, 2.45) is 0 Å². The molecule has 17 heavy (non-hydrogen) atoms. The van der Waals surface area contributed by atoms with E-state index < -0.39 is 0 Å². The summed E-state index contributed by atoms with van der Waals surface area (Å²) in [6.07, 6.45) is 4.84. The molecule has 1 aliphatic carbocycles. The molecule has 1 nitrogen and oxygen atoms in total. The number of rotatable bonds is 1. The van der Waals surface area contributed by atoms with Crippen LogP contribution in [0, 0.1) is 0 Å². The molecule has 0 saturated carbocycles. The van der Waals surface area contributed by atoms with Gasteiger partial charge in [-0.15, -0.1) is 0 Å². The minimum atomic E-state index is 1.12. The quantitative estimate of drug-likeness (QED) is 0.707. The Labute approximate surface area is 102 Å². The molecule has 0 unspecified atom stereocenters. The molecule has 1 aromatic heterocycles. The number of benzene rings is 1. The van der Waals surface area contributed by atoms with E-state index in [0.717, 1.165) is 18.4 Å². The molecule has 0 bridgehead atoms. The minimum absolute atomic E-state index is 1.12. The number of pyridine rings is 1. The first kappa shape index (κ1) is 10.5. The van der Waals surface area contributed by atoms with E-state index in [1.807, 2.05) is 0 Å². The van der Waals surface area contributed by atoms with E-state index in [0.29, 0.717) is 0 Å². The van der Waals surface area contributed by atoms with Crippen LogP contribution in [0.3, 0.4) is 0 Å². The number of hydrogen-bond donors (Lipinski definition) is 0. The van der Waals surface area contributed by atoms with Gasteiger partial charge >= 0.3 is 0 Å². The van der Waals surface area contributed by atoms with Crippen molar-refractivity contribution in [1.29, 1.82) is 0 Å². The van der Waals surface area contributed by atoms with E-state index >= 15 is 0 Å². The number of allylic oxidation sites excluding steroid dienone is 1. The standard InChI is InChI=1S/C16H17N/c1-11(2)16-12-7-3-5-9-14(12)17-15-10-6-4-8-13(15)16/h3,5,7,9H,1,4,6,8,10H2,2H3. The van der Waals surface area contributed by atoms with Crippen molar-refractivity contribution < 1.29 is 0 Å². The first-order valence-electron chi connectivity index (χ1n) is 6.34. The van der Waals surface area contributed by atoms with Crippen molar-refractivity contribution in [2.45, 2.75) is 32.6 Å². The molecule has 0 amide bonds. The smallest absolute Gasteiger partial charge is 0.0711 e. The SMILES string of the molecule is C=C(C)c1c2c(nc3ccccc13)CCCC2. The number of aromatic nitrogens is 1. The summed E-state index contributed by atoms with van der Waals surface area (Å²) in [5.74, 6) is 0. The van der Waals surface area contributed by atoms with Crippen LogP contribution in [0.25, 0.3) is 16.5 Å². The Kier molecular flexibility index (Phi) is 2.47. The molecule has 1 heteroatoms. The van der Waals surface area contributed by atoms with Crippen LogP contribution in [0.2, 0.25) is 0 Å². The second kappa shape index (κ2) is 3.99. The normalized spacial score (nSPS) is 14.6. The minimum Gasteiger partial charge on any atom is -0.253 e. The topological polar surface area (TPSA) is 12.9 Å². The predicted octanol–water partition coefficient (Wildman–Crippen LogP) is 4.15. The first-order valence-corrected chi connectivity index (χ1v) is 6.34. The number of nitrogens with zero attached hydrogens (tertiary/aromatic N) is 1. The van der Waals surface area contributed by atoms with Gasteiger partial charge in [-0.3, -0.25) is 4.98 Å². The molecule has 3 rings (SSSR count). The Morgan fingerprint density at radius 2 is 1.94 bits per heavy atom. The molecule has 1 heterocycles. The molecule has 1 aliphatic rings. The molecule has 0 spiro atoms. The van der Waals surface area contributed by atoms with Gasteiger partial charge in [0.1, 0.15) is 0 Å². The third-order valence-electron chi connectivity index (χ3n) is 3.60. The van der Waals surface area contributed by atoms with Gasteiger partial charge in [0, 0.05) is 11.1 Å². The van der Waals surface area contributed by atoms with Crippen molar-refractivity contribution in [3.63, 3.8) is 0 Å². The maximum absolute atomic E-state index is 4.82. The number of fused-ring (bicyclic) bond motifs is 2. The molecule has 0 N–H and O–H groups in total. The zero-order valence-electron chi connectivity index (χ0n) is 10.3. The Morgan fingerprint density at radius 3 is 2.76 bits per heavy atom. The molecule has 0 radical (unpaired) electrons. The summed E-state index contributed by atoms with van der Waals surface area (Å²) in [5, 5.41) is 1.26. The second-order valence-corrected chi connectivity index (χ2v) is 4.92. The average molecular weight is 223 g/mol. The Morgan fingerprint density at radius 1 is 1.18 bits per heavy atom. The van der Waals surface area contributed by atoms with Crippen LogP contribution in [-0.4, -0.2) is 4.98 Å². The fourth-order valence-corrected chi connectivity index (χ4v) is 2.86. The van der Waals surface area contributed by atoms with Crippen LogP contribution in [0.15, 0.2) is 30.8 Å². The van der Waals surface area contributed by atoms with Gasteiger partial charge in [0.05, 0.1) is 5.52 Å². The van der Waals surface area contributed by atoms with Crippen molar-refractivity contribution in [1.82, 2.24) is 4.98 Å². The third-order valence-corrected chi connectivity index (χ3v) is 3.60. The highest BCUT2D eigenvalue weighted by molar-refractivity contribution is 5.92. The number of hydrogen-bond acceptors (Lipinski definition) is 1. The third kappa shape index (κ3) is 1.66. The summed E-state index contributed by atoms with van der Waals surface area (Å²) in [6.45, 7) is 6.26. The monoisotopic (exact) mass is 223 g/mol. The van der Waals surface area contributed by atoms with E-state index in [4.69, 9.17) is 4.98 Å². The van der Waals surface area contributed by atoms with Gasteiger partial charge in [-0.1, -0.05) is 30.4 Å². The summed E-state index contributed by atoms with van der Waals surface area (Å²) in [7, 11) is 0. The van der Waals surface area contributed by atoms with E-state index in [-0.39, 0.29) is 0 Å². The summed E-state index contributed by atoms with van der Waals surface area (Å²) in [5.41, 5.74) is 6.38. The van der Waals surface area contributed by atoms with Gasteiger partial charge in [-0.25, -0.2) is 0 Å². The van der Waals surface area contributed by atoms with E-state index in [9.17, 15) is 0 Å². The summed E-state index contributed by atoms with van der Waals surface area (Å²) in [6, 6.07) is 8.43. The van der Waals surface area contributed by atoms with Crippen molar-refractivity contribution >= 4 is 16.5 Å². The van der Waals surface area contributed by atoms with E-state index in [1.165, 1.54) is 40.6 Å². The zero-order chi connectivity index (χ0) is 11.8. The van der Waals surface area contributed by atoms with Crippen LogP contribution in [0.5, 0.6) is 0 Å². The van der Waals surface area contributed by atoms with Crippen LogP contribution >= 0.6 is 0 Å². The Bertz CT molecular complexity index is 596. The molecule has 0 saturated heterocycles. The Hall–Kier alpha value is -1.63. The van der Waals surface area contributed by atoms with Gasteiger partial charge in [0.2, 0.25) is 0 Å². The maximum atomic E-state index is 4.82. The highest BCUT2D eigenvalue weighted by Gasteiger charge is 2.17. The molecule has 0 fully saturated rings. The fourth-order valence-electron chi connectivity index (χ4n) is 2.86. The lowest BCUT2D eigenvalue weighted by Gasteiger charge is -2.20. The van der Waals surface area contributed by atoms with E-state index in [1.54, 1.807) is 0 Å². The maximum Gasteiger partial charge on any atom is 0.0711 e. The highest BCUT2D eigenvalue weighted by atomic mass is 14.7. The largest absolute Gasteiger partial charge is 0.253 e. The van der Waals surface area contributed by atoms with Crippen molar-refractivity contribution in [3.8, 4) is 0 Å². The lowest BCUT2D eigenvalue weighted by Crippen LogP contribution is -2.09. The molecule has 86 valence electrons. The first-order chi connectivity index (χ1) is 8.27. The van der Waals surface area contributed by atoms with Gasteiger partial charge in [-0.2, -0.15) is 0 Å². The van der Waals surface area contributed by atoms with Gasteiger partial charge in [0.15, 0.2) is 0 Å².